The van der Waals surface area contributed by atoms with E-state index in [4.69, 9.17) is 14.2 Å². The van der Waals surface area contributed by atoms with E-state index in [1.807, 2.05) is 36.4 Å². The second kappa shape index (κ2) is 9.31. The predicted octanol–water partition coefficient (Wildman–Crippen LogP) is 2.66. The zero-order chi connectivity index (χ0) is 18.9. The highest BCUT2D eigenvalue weighted by Crippen LogP contribution is 2.25. The Hall–Kier alpha value is -3.22. The molecule has 0 heterocycles. The summed E-state index contributed by atoms with van der Waals surface area (Å²) in [5.41, 5.74) is 4.75. The van der Waals surface area contributed by atoms with Crippen molar-refractivity contribution in [1.29, 1.82) is 0 Å². The maximum Gasteiger partial charge on any atom is 0.259 e. The summed E-state index contributed by atoms with van der Waals surface area (Å²) in [6.07, 6.45) is 0. The molecule has 2 aromatic rings. The van der Waals surface area contributed by atoms with E-state index >= 15 is 0 Å². The van der Waals surface area contributed by atoms with Gasteiger partial charge >= 0.3 is 0 Å². The van der Waals surface area contributed by atoms with Gasteiger partial charge in [-0.3, -0.25) is 4.79 Å². The van der Waals surface area contributed by atoms with Gasteiger partial charge in [-0.05, 0) is 43.3 Å². The minimum absolute atomic E-state index is 0.100. The minimum atomic E-state index is -0.257. The van der Waals surface area contributed by atoms with Crippen LogP contribution < -0.4 is 25.0 Å². The number of methoxy groups -OCH3 is 3. The molecule has 0 saturated carbocycles. The molecule has 7 nitrogen and oxygen atoms in total. The summed E-state index contributed by atoms with van der Waals surface area (Å²) in [6.45, 7) is 1.89. The Balaban J connectivity index is 1.94. The molecule has 26 heavy (non-hydrogen) atoms. The lowest BCUT2D eigenvalue weighted by Crippen LogP contribution is -2.26. The van der Waals surface area contributed by atoms with Gasteiger partial charge in [-0.25, -0.2) is 5.43 Å². The Morgan fingerprint density at radius 1 is 0.962 bits per heavy atom. The van der Waals surface area contributed by atoms with E-state index in [0.29, 0.717) is 17.2 Å². The summed E-state index contributed by atoms with van der Waals surface area (Å²) in [6, 6.07) is 12.7. The molecule has 0 unspecified atom stereocenters. The molecule has 0 spiro atoms. The Kier molecular flexibility index (Phi) is 6.84. The average Bonchev–Trinajstić information content (AvgIpc) is 2.70. The van der Waals surface area contributed by atoms with Gasteiger partial charge < -0.3 is 19.5 Å². The van der Waals surface area contributed by atoms with Gasteiger partial charge in [0.2, 0.25) is 0 Å². The molecule has 0 bridgehead atoms. The second-order valence-electron chi connectivity index (χ2n) is 5.38. The van der Waals surface area contributed by atoms with Crippen LogP contribution >= 0.6 is 0 Å². The molecule has 0 atom stereocenters. The predicted molar refractivity (Wildman–Crippen MR) is 101 cm³/mol. The van der Waals surface area contributed by atoms with Crippen molar-refractivity contribution in [3.63, 3.8) is 0 Å². The molecule has 0 aromatic heterocycles. The largest absolute Gasteiger partial charge is 0.497 e. The van der Waals surface area contributed by atoms with Crippen LogP contribution in [-0.4, -0.2) is 39.5 Å². The van der Waals surface area contributed by atoms with Crippen molar-refractivity contribution in [3.8, 4) is 17.2 Å². The van der Waals surface area contributed by atoms with Gasteiger partial charge in [0.15, 0.2) is 0 Å². The first-order valence-corrected chi connectivity index (χ1v) is 8.00. The van der Waals surface area contributed by atoms with Gasteiger partial charge in [-0.1, -0.05) is 0 Å². The smallest absolute Gasteiger partial charge is 0.259 e. The fraction of sp³-hybridized carbons (Fsp3) is 0.263. The minimum Gasteiger partial charge on any atom is -0.497 e. The summed E-state index contributed by atoms with van der Waals surface area (Å²) < 4.78 is 15.6. The van der Waals surface area contributed by atoms with Crippen LogP contribution in [0, 0.1) is 0 Å². The molecule has 138 valence electrons. The zero-order valence-corrected chi connectivity index (χ0v) is 15.3. The number of benzene rings is 2. The number of carbonyl (C=O) groups excluding carboxylic acids is 1. The highest BCUT2D eigenvalue weighted by atomic mass is 16.5. The molecule has 2 N–H and O–H groups in total. The molecule has 7 heteroatoms. The number of nitrogens with zero attached hydrogens (tertiary/aromatic N) is 1. The summed E-state index contributed by atoms with van der Waals surface area (Å²) in [7, 11) is 4.77. The highest BCUT2D eigenvalue weighted by molar-refractivity contribution is 6.01. The Morgan fingerprint density at radius 2 is 1.62 bits per heavy atom. The molecule has 0 aliphatic heterocycles. The van der Waals surface area contributed by atoms with Gasteiger partial charge in [-0.15, -0.1) is 0 Å². The summed E-state index contributed by atoms with van der Waals surface area (Å²) in [5, 5.41) is 7.15. The Bertz CT molecular complexity index is 773. The summed E-state index contributed by atoms with van der Waals surface area (Å²) >= 11 is 0. The number of amides is 1. The van der Waals surface area contributed by atoms with E-state index in [1.54, 1.807) is 34.3 Å². The van der Waals surface area contributed by atoms with E-state index in [1.165, 1.54) is 0 Å². The molecular formula is C19H23N3O4. The van der Waals surface area contributed by atoms with Crippen molar-refractivity contribution in [2.75, 3.05) is 33.2 Å². The fourth-order valence-corrected chi connectivity index (χ4v) is 2.23. The number of hydrogen-bond acceptors (Lipinski definition) is 6. The molecule has 0 fully saturated rings. The standard InChI is InChI=1S/C19H23N3O4/c1-13(17-10-9-16(25-3)11-18(17)26-4)21-22-19(23)12-20-14-5-7-15(24-2)8-6-14/h5-11,20H,12H2,1-4H3,(H,22,23). The van der Waals surface area contributed by atoms with Crippen molar-refractivity contribution < 1.29 is 19.0 Å². The number of rotatable bonds is 8. The first-order chi connectivity index (χ1) is 12.6. The van der Waals surface area contributed by atoms with Crippen LogP contribution in [0.1, 0.15) is 12.5 Å². The fourth-order valence-electron chi connectivity index (χ4n) is 2.23. The van der Waals surface area contributed by atoms with E-state index < -0.39 is 0 Å². The number of carbonyl (C=O) groups is 1. The van der Waals surface area contributed by atoms with Crippen LogP contribution in [0.2, 0.25) is 0 Å². The van der Waals surface area contributed by atoms with Gasteiger partial charge in [0.05, 0.1) is 33.6 Å². The van der Waals surface area contributed by atoms with E-state index in [0.717, 1.165) is 17.0 Å². The molecule has 2 rings (SSSR count). The average molecular weight is 357 g/mol. The Labute approximate surface area is 153 Å². The van der Waals surface area contributed by atoms with Gasteiger partial charge in [0.25, 0.3) is 5.91 Å². The molecule has 0 aliphatic rings. The van der Waals surface area contributed by atoms with Gasteiger partial charge in [0, 0.05) is 17.3 Å². The van der Waals surface area contributed by atoms with Crippen LogP contribution in [-0.2, 0) is 4.79 Å². The lowest BCUT2D eigenvalue weighted by atomic mass is 10.1. The lowest BCUT2D eigenvalue weighted by molar-refractivity contribution is -0.119. The van der Waals surface area contributed by atoms with Crippen LogP contribution in [0.5, 0.6) is 17.2 Å². The van der Waals surface area contributed by atoms with Crippen molar-refractivity contribution in [3.05, 3.63) is 48.0 Å². The number of ether oxygens (including phenoxy) is 3. The summed E-state index contributed by atoms with van der Waals surface area (Å²) in [4.78, 5) is 12.0. The number of nitrogens with one attached hydrogen (secondary N) is 2. The number of hydrazone groups is 1. The second-order valence-corrected chi connectivity index (χ2v) is 5.38. The maximum absolute atomic E-state index is 12.0. The SMILES string of the molecule is COc1ccc(NCC(=O)NN=C(C)c2ccc(OC)cc2OC)cc1. The lowest BCUT2D eigenvalue weighted by Gasteiger charge is -2.10. The maximum atomic E-state index is 12.0. The quantitative estimate of drug-likeness (QED) is 0.561. The molecule has 1 amide bonds. The van der Waals surface area contributed by atoms with E-state index in [2.05, 4.69) is 15.8 Å². The normalized spacial score (nSPS) is 10.8. The molecule has 0 saturated heterocycles. The van der Waals surface area contributed by atoms with Gasteiger partial charge in [0.1, 0.15) is 17.2 Å². The third kappa shape index (κ3) is 5.14. The van der Waals surface area contributed by atoms with E-state index in [-0.39, 0.29) is 12.5 Å². The molecular weight excluding hydrogens is 334 g/mol. The highest BCUT2D eigenvalue weighted by Gasteiger charge is 2.09. The summed E-state index contributed by atoms with van der Waals surface area (Å²) in [5.74, 6) is 1.81. The third-order valence-electron chi connectivity index (χ3n) is 3.69. The van der Waals surface area contributed by atoms with Crippen LogP contribution in [0.25, 0.3) is 0 Å². The molecule has 0 aliphatic carbocycles. The number of anilines is 1. The van der Waals surface area contributed by atoms with Crippen molar-refractivity contribution >= 4 is 17.3 Å². The third-order valence-corrected chi connectivity index (χ3v) is 3.69. The zero-order valence-electron chi connectivity index (χ0n) is 15.3. The molecule has 2 aromatic carbocycles. The first kappa shape index (κ1) is 19.1. The van der Waals surface area contributed by atoms with E-state index in [9.17, 15) is 4.79 Å². The first-order valence-electron chi connectivity index (χ1n) is 8.00. The van der Waals surface area contributed by atoms with Crippen molar-refractivity contribution in [1.82, 2.24) is 5.43 Å². The number of hydrogen-bond donors (Lipinski definition) is 2. The van der Waals surface area contributed by atoms with Crippen molar-refractivity contribution in [2.45, 2.75) is 6.92 Å². The van der Waals surface area contributed by atoms with Crippen molar-refractivity contribution in [2.24, 2.45) is 5.10 Å². The topological polar surface area (TPSA) is 81.2 Å². The monoisotopic (exact) mass is 357 g/mol. The Morgan fingerprint density at radius 3 is 2.23 bits per heavy atom. The van der Waals surface area contributed by atoms with Crippen LogP contribution in [0.15, 0.2) is 47.6 Å². The van der Waals surface area contributed by atoms with Crippen LogP contribution in [0.3, 0.4) is 0 Å². The molecule has 0 radical (unpaired) electrons. The van der Waals surface area contributed by atoms with Gasteiger partial charge in [-0.2, -0.15) is 5.10 Å². The van der Waals surface area contributed by atoms with Crippen LogP contribution in [0.4, 0.5) is 5.69 Å².